The Hall–Kier alpha value is -6.30. The van der Waals surface area contributed by atoms with Gasteiger partial charge in [-0.25, -0.2) is 19.3 Å². The van der Waals surface area contributed by atoms with Gasteiger partial charge in [0.25, 0.3) is 0 Å². The minimum absolute atomic E-state index is 0. The van der Waals surface area contributed by atoms with Crippen molar-refractivity contribution in [3.63, 3.8) is 0 Å². The predicted octanol–water partition coefficient (Wildman–Crippen LogP) is 10.3. The number of aromatic amines is 1. The Labute approximate surface area is 385 Å². The van der Waals surface area contributed by atoms with E-state index in [1.807, 2.05) is 20.8 Å². The summed E-state index contributed by atoms with van der Waals surface area (Å²) in [6, 6.07) is 6.06. The fraction of sp³-hybridized carbons (Fsp3) is 0.442. The third kappa shape index (κ3) is 19.4. The van der Waals surface area contributed by atoms with Crippen LogP contribution in [0.5, 0.6) is 0 Å². The van der Waals surface area contributed by atoms with Gasteiger partial charge < -0.3 is 19.7 Å². The Morgan fingerprint density at radius 1 is 0.727 bits per heavy atom. The van der Waals surface area contributed by atoms with Crippen LogP contribution in [-0.2, 0) is 50.8 Å². The summed E-state index contributed by atoms with van der Waals surface area (Å²) in [5, 5.41) is 35.5. The monoisotopic (exact) mass is 1000 g/mol. The van der Waals surface area contributed by atoms with E-state index < -0.39 is 87.4 Å². The molecule has 0 aliphatic heterocycles. The van der Waals surface area contributed by atoms with Crippen LogP contribution in [0.1, 0.15) is 85.1 Å². The summed E-state index contributed by atoms with van der Waals surface area (Å²) < 4.78 is 89.0. The molecule has 4 aromatic rings. The molecule has 2 aromatic carbocycles. The lowest BCUT2D eigenvalue weighted by atomic mass is 9.94. The molecule has 2 heterocycles. The van der Waals surface area contributed by atoms with Gasteiger partial charge in [0.05, 0.1) is 54.6 Å². The summed E-state index contributed by atoms with van der Waals surface area (Å²) in [4.78, 5) is 52.9. The number of rotatable bonds is 11. The molecule has 23 heteroatoms. The highest BCUT2D eigenvalue weighted by molar-refractivity contribution is 9.09. The van der Waals surface area contributed by atoms with E-state index in [9.17, 15) is 55.7 Å². The second-order valence-corrected chi connectivity index (χ2v) is 17.0. The number of benzene rings is 2. The van der Waals surface area contributed by atoms with Crippen LogP contribution in [0.25, 0.3) is 9.69 Å². The summed E-state index contributed by atoms with van der Waals surface area (Å²) in [7, 11) is 0. The molecule has 5 N–H and O–H groups in total. The average molecular weight is 1000 g/mol. The smallest absolute Gasteiger partial charge is 0.412 e. The van der Waals surface area contributed by atoms with Gasteiger partial charge in [-0.1, -0.05) is 59.8 Å². The SMILES string of the molecule is C.CC(C)(C)OC(=O)Nc1cn[nH]c1.[C-]#[N+]c1ccc(CC(=O)[C@@](C)(O)CBr)cc1C(F)(F)F.[C-]#[N+]c1ccc(CC(=O)[C@@](C)(O)Cn2cc(NC(=O)OC(C)(C)C)cn2)cc1C(F)(F)F. The van der Waals surface area contributed by atoms with Crippen molar-refractivity contribution < 1.29 is 65.2 Å². The van der Waals surface area contributed by atoms with E-state index in [0.717, 1.165) is 24.3 Å². The van der Waals surface area contributed by atoms with E-state index in [0.29, 0.717) is 5.69 Å². The van der Waals surface area contributed by atoms with E-state index in [2.05, 4.69) is 51.5 Å². The van der Waals surface area contributed by atoms with Crippen molar-refractivity contribution in [3.8, 4) is 0 Å². The molecule has 0 fully saturated rings. The first kappa shape index (κ1) is 57.7. The fourth-order valence-electron chi connectivity index (χ4n) is 4.94. The topological polar surface area (TPSA) is 206 Å². The van der Waals surface area contributed by atoms with Crippen molar-refractivity contribution in [2.24, 2.45) is 0 Å². The van der Waals surface area contributed by atoms with Crippen molar-refractivity contribution in [2.75, 3.05) is 16.0 Å². The average Bonchev–Trinajstić information content (AvgIpc) is 3.84. The van der Waals surface area contributed by atoms with Gasteiger partial charge in [-0.15, -0.1) is 0 Å². The maximum atomic E-state index is 13.1. The van der Waals surface area contributed by atoms with Crippen LogP contribution in [0, 0.1) is 13.1 Å². The number of ether oxygens (including phenoxy) is 2. The quantitative estimate of drug-likeness (QED) is 0.0546. The van der Waals surface area contributed by atoms with Crippen LogP contribution in [0.2, 0.25) is 0 Å². The highest BCUT2D eigenvalue weighted by Gasteiger charge is 2.36. The third-order valence-corrected chi connectivity index (χ3v) is 9.15. The number of H-pyrrole nitrogens is 1. The first-order chi connectivity index (χ1) is 29.7. The number of carbonyl (C=O) groups excluding carboxylic acids is 4. The Kier molecular flexibility index (Phi) is 20.3. The number of aromatic nitrogens is 4. The highest BCUT2D eigenvalue weighted by Crippen LogP contribution is 2.38. The first-order valence-corrected chi connectivity index (χ1v) is 20.1. The maximum absolute atomic E-state index is 13.1. The molecule has 0 saturated heterocycles. The molecule has 2 aromatic heterocycles. The van der Waals surface area contributed by atoms with Gasteiger partial charge in [0.2, 0.25) is 0 Å². The van der Waals surface area contributed by atoms with E-state index in [4.69, 9.17) is 22.6 Å². The second-order valence-electron chi connectivity index (χ2n) is 16.5. The Morgan fingerprint density at radius 2 is 1.15 bits per heavy atom. The number of anilines is 2. The Morgan fingerprint density at radius 3 is 1.52 bits per heavy atom. The first-order valence-electron chi connectivity index (χ1n) is 18.9. The number of halogens is 7. The molecule has 0 aliphatic carbocycles. The van der Waals surface area contributed by atoms with Crippen molar-refractivity contribution >= 4 is 62.4 Å². The fourth-order valence-corrected chi connectivity index (χ4v) is 5.25. The highest BCUT2D eigenvalue weighted by atomic mass is 79.9. The molecular weight excluding hydrogens is 950 g/mol. The van der Waals surface area contributed by atoms with Crippen molar-refractivity contribution in [1.29, 1.82) is 0 Å². The molecule has 0 saturated carbocycles. The molecule has 16 nitrogen and oxygen atoms in total. The number of nitrogens with zero attached hydrogens (tertiary/aromatic N) is 5. The van der Waals surface area contributed by atoms with Crippen LogP contribution in [-0.4, -0.2) is 81.7 Å². The molecule has 4 rings (SSSR count). The van der Waals surface area contributed by atoms with Gasteiger partial charge in [-0.3, -0.25) is 30.0 Å². The zero-order chi connectivity index (χ0) is 49.8. The maximum Gasteiger partial charge on any atom is 0.412 e. The van der Waals surface area contributed by atoms with Gasteiger partial charge in [0.15, 0.2) is 22.9 Å². The minimum atomic E-state index is -4.74. The molecule has 0 radical (unpaired) electrons. The lowest BCUT2D eigenvalue weighted by molar-refractivity contribution is -0.138. The molecule has 66 heavy (non-hydrogen) atoms. The largest absolute Gasteiger partial charge is 0.444 e. The van der Waals surface area contributed by atoms with Crippen LogP contribution >= 0.6 is 15.9 Å². The molecular formula is C43H51BrF6N8O8. The summed E-state index contributed by atoms with van der Waals surface area (Å²) in [6.45, 7) is 26.3. The van der Waals surface area contributed by atoms with Crippen molar-refractivity contribution in [3.05, 3.63) is 106 Å². The van der Waals surface area contributed by atoms with E-state index in [1.165, 1.54) is 49.3 Å². The number of hydrogen-bond acceptors (Lipinski definition) is 10. The van der Waals surface area contributed by atoms with Crippen molar-refractivity contribution in [1.82, 2.24) is 20.0 Å². The second kappa shape index (κ2) is 23.2. The van der Waals surface area contributed by atoms with Crippen molar-refractivity contribution in [2.45, 2.75) is 117 Å². The number of Topliss-reactive ketones (excluding diaryl/α,β-unsaturated/α-hetero) is 2. The van der Waals surface area contributed by atoms with Gasteiger partial charge >= 0.3 is 24.5 Å². The van der Waals surface area contributed by atoms with Gasteiger partial charge in [0.1, 0.15) is 22.4 Å². The number of ketones is 2. The summed E-state index contributed by atoms with van der Waals surface area (Å²) in [5.74, 6) is -1.34. The summed E-state index contributed by atoms with van der Waals surface area (Å²) >= 11 is 2.96. The molecule has 2 amide bonds. The number of aliphatic hydroxyl groups is 2. The predicted molar refractivity (Wildman–Crippen MR) is 235 cm³/mol. The standard InChI is InChI=1S/C21H23F3N4O4.C13H11BrF3NO2.C8H13N3O2.CH4/c1-19(2,3)32-18(30)27-14-10-26-28(11-14)12-20(4,31)17(29)9-13-6-7-16(25-5)15(8-13)21(22,23)24;1-12(20,7-14)11(19)6-8-3-4-10(18-2)9(5-8)13(15,16)17;1-8(2,3)13-7(12)11-6-4-9-10-5-6;/h6-8,10-11,31H,9,12H2,1-4H3,(H,27,30);3-5,20H,6-7H2,1H3;4-5H,1-3H3,(H,9,10)(H,11,12);1H4/t20-;12-;;/m00../s1. The number of carbonyl (C=O) groups is 4. The minimum Gasteiger partial charge on any atom is -0.444 e. The van der Waals surface area contributed by atoms with Gasteiger partial charge in [0, 0.05) is 30.6 Å². The molecule has 0 bridgehead atoms. The molecule has 0 unspecified atom stereocenters. The number of nitrogens with one attached hydrogen (secondary N) is 3. The van der Waals surface area contributed by atoms with E-state index >= 15 is 0 Å². The zero-order valence-electron chi connectivity index (χ0n) is 36.3. The normalized spacial score (nSPS) is 13.2. The van der Waals surface area contributed by atoms with E-state index in [1.54, 1.807) is 27.0 Å². The Bertz CT molecular complexity index is 2370. The molecule has 0 aliphatic rings. The lowest BCUT2D eigenvalue weighted by Gasteiger charge is -2.22. The number of alkyl halides is 7. The van der Waals surface area contributed by atoms with Crippen LogP contribution in [0.15, 0.2) is 61.2 Å². The lowest BCUT2D eigenvalue weighted by Crippen LogP contribution is -2.41. The molecule has 0 spiro atoms. The van der Waals surface area contributed by atoms with Crippen LogP contribution < -0.4 is 10.6 Å². The number of amides is 2. The van der Waals surface area contributed by atoms with Gasteiger partial charge in [-0.2, -0.15) is 36.5 Å². The summed E-state index contributed by atoms with van der Waals surface area (Å²) in [6.07, 6.45) is -5.64. The Balaban J connectivity index is 0.000000545. The third-order valence-electron chi connectivity index (χ3n) is 8.06. The number of hydrogen-bond donors (Lipinski definition) is 5. The summed E-state index contributed by atoms with van der Waals surface area (Å²) in [5.41, 5.74) is -7.08. The van der Waals surface area contributed by atoms with Gasteiger partial charge in [-0.05, 0) is 66.5 Å². The van der Waals surface area contributed by atoms with E-state index in [-0.39, 0.29) is 42.5 Å². The van der Waals surface area contributed by atoms with Crippen LogP contribution in [0.4, 0.5) is 58.7 Å². The van der Waals surface area contributed by atoms with Crippen LogP contribution in [0.3, 0.4) is 0 Å². The zero-order valence-corrected chi connectivity index (χ0v) is 37.9. The molecule has 360 valence electrons. The molecule has 2 atom stereocenters.